The van der Waals surface area contributed by atoms with Gasteiger partial charge in [0.1, 0.15) is 0 Å². The second-order valence-electron chi connectivity index (χ2n) is 6.51. The van der Waals surface area contributed by atoms with Gasteiger partial charge >= 0.3 is 0 Å². The van der Waals surface area contributed by atoms with Gasteiger partial charge in [-0.15, -0.1) is 0 Å². The first-order chi connectivity index (χ1) is 10.2. The molecule has 2 nitrogen and oxygen atoms in total. The first-order valence-electron chi connectivity index (χ1n) is 7.81. The molecule has 22 heavy (non-hydrogen) atoms. The fourth-order valence-electron chi connectivity index (χ4n) is 2.02. The number of carbonyl (C=O) groups excluding carboxylic acids is 1. The number of rotatable bonds is 7. The minimum absolute atomic E-state index is 0.0288. The van der Waals surface area contributed by atoms with E-state index in [2.05, 4.69) is 58.9 Å². The maximum Gasteiger partial charge on any atom is 0.172 e. The van der Waals surface area contributed by atoms with Gasteiger partial charge in [0.15, 0.2) is 5.78 Å². The van der Waals surface area contributed by atoms with E-state index >= 15 is 0 Å². The van der Waals surface area contributed by atoms with E-state index in [-0.39, 0.29) is 17.6 Å². The molecule has 0 N–H and O–H groups in total. The Bertz CT molecular complexity index is 531. The summed E-state index contributed by atoms with van der Waals surface area (Å²) in [7, 11) is 0. The lowest BCUT2D eigenvalue weighted by atomic mass is 9.85. The molecule has 0 rings (SSSR count). The molecule has 0 saturated carbocycles. The maximum atomic E-state index is 11.4. The second-order valence-corrected chi connectivity index (χ2v) is 6.51. The van der Waals surface area contributed by atoms with Crippen molar-refractivity contribution in [2.75, 3.05) is 0 Å². The van der Waals surface area contributed by atoms with Gasteiger partial charge in [-0.25, -0.2) is 0 Å². The standard InChI is InChI=1S/C20H29NO/c1-7-18(20(4,5)6)15-16(2)11-9-8-10-12-17(3)19(22)13-14-21/h7,9,11-12,15H,8,10,13H2,1-6H3/b11-9+,16-15+,17-12+,18-7+. The van der Waals surface area contributed by atoms with Crippen LogP contribution in [0.4, 0.5) is 0 Å². The third kappa shape index (κ3) is 8.42. The van der Waals surface area contributed by atoms with Crippen LogP contribution in [0.5, 0.6) is 0 Å². The molecular weight excluding hydrogens is 270 g/mol. The van der Waals surface area contributed by atoms with Crippen molar-refractivity contribution < 1.29 is 4.79 Å². The molecule has 0 unspecified atom stereocenters. The summed E-state index contributed by atoms with van der Waals surface area (Å²) in [6.07, 6.45) is 12.2. The number of hydrogen-bond donors (Lipinski definition) is 0. The van der Waals surface area contributed by atoms with Gasteiger partial charge in [0.25, 0.3) is 0 Å². The Labute approximate surface area is 135 Å². The van der Waals surface area contributed by atoms with E-state index < -0.39 is 0 Å². The summed E-state index contributed by atoms with van der Waals surface area (Å²) < 4.78 is 0. The van der Waals surface area contributed by atoms with Crippen molar-refractivity contribution in [2.45, 2.75) is 60.8 Å². The van der Waals surface area contributed by atoms with E-state index in [9.17, 15) is 4.79 Å². The molecule has 0 bridgehead atoms. The Morgan fingerprint density at radius 2 is 1.82 bits per heavy atom. The molecule has 0 aliphatic heterocycles. The van der Waals surface area contributed by atoms with Gasteiger partial charge in [0, 0.05) is 0 Å². The van der Waals surface area contributed by atoms with Gasteiger partial charge in [0.05, 0.1) is 12.5 Å². The highest BCUT2D eigenvalue weighted by atomic mass is 16.1. The largest absolute Gasteiger partial charge is 0.293 e. The fourth-order valence-corrected chi connectivity index (χ4v) is 2.02. The number of ketones is 1. The van der Waals surface area contributed by atoms with Crippen molar-refractivity contribution in [2.24, 2.45) is 5.41 Å². The van der Waals surface area contributed by atoms with Gasteiger partial charge < -0.3 is 0 Å². The quantitative estimate of drug-likeness (QED) is 0.344. The zero-order valence-electron chi connectivity index (χ0n) is 14.9. The predicted molar refractivity (Wildman–Crippen MR) is 94.3 cm³/mol. The minimum atomic E-state index is -0.0783. The highest BCUT2D eigenvalue weighted by Crippen LogP contribution is 2.27. The van der Waals surface area contributed by atoms with Crippen molar-refractivity contribution in [1.82, 2.24) is 0 Å². The lowest BCUT2D eigenvalue weighted by molar-refractivity contribution is -0.114. The van der Waals surface area contributed by atoms with Gasteiger partial charge in [0.2, 0.25) is 0 Å². The van der Waals surface area contributed by atoms with E-state index in [0.717, 1.165) is 12.8 Å². The first kappa shape index (κ1) is 20.1. The number of hydrogen-bond acceptors (Lipinski definition) is 2. The van der Waals surface area contributed by atoms with E-state index in [0.29, 0.717) is 5.57 Å². The normalized spacial score (nSPS) is 14.3. The molecule has 0 aromatic rings. The summed E-state index contributed by atoms with van der Waals surface area (Å²) in [6, 6.07) is 1.88. The summed E-state index contributed by atoms with van der Waals surface area (Å²) in [5, 5.41) is 8.49. The van der Waals surface area contributed by atoms with Crippen molar-refractivity contribution in [3.63, 3.8) is 0 Å². The number of nitriles is 1. The Balaban J connectivity index is 4.49. The van der Waals surface area contributed by atoms with Crippen LogP contribution in [-0.2, 0) is 4.79 Å². The van der Waals surface area contributed by atoms with Crippen molar-refractivity contribution >= 4 is 5.78 Å². The van der Waals surface area contributed by atoms with Crippen LogP contribution in [0.3, 0.4) is 0 Å². The molecule has 120 valence electrons. The predicted octanol–water partition coefficient (Wildman–Crippen LogP) is 5.69. The molecule has 0 fully saturated rings. The van der Waals surface area contributed by atoms with Crippen LogP contribution in [0.2, 0.25) is 0 Å². The van der Waals surface area contributed by atoms with E-state index in [1.54, 1.807) is 6.92 Å². The van der Waals surface area contributed by atoms with Crippen LogP contribution in [0.1, 0.15) is 60.8 Å². The summed E-state index contributed by atoms with van der Waals surface area (Å²) in [5.41, 5.74) is 3.40. The fraction of sp³-hybridized carbons (Fsp3) is 0.500. The summed E-state index contributed by atoms with van der Waals surface area (Å²) >= 11 is 0. The maximum absolute atomic E-state index is 11.4. The third-order valence-electron chi connectivity index (χ3n) is 3.40. The molecule has 0 radical (unpaired) electrons. The molecular formula is C20H29NO. The molecule has 0 amide bonds. The van der Waals surface area contributed by atoms with Crippen molar-refractivity contribution in [1.29, 1.82) is 5.26 Å². The molecule has 0 aromatic carbocycles. The zero-order valence-corrected chi connectivity index (χ0v) is 14.9. The molecule has 0 heterocycles. The molecule has 0 spiro atoms. The zero-order chi connectivity index (χ0) is 17.2. The molecule has 0 atom stereocenters. The topological polar surface area (TPSA) is 40.9 Å². The van der Waals surface area contributed by atoms with Gasteiger partial charge in [-0.1, -0.05) is 56.7 Å². The Morgan fingerprint density at radius 1 is 1.18 bits per heavy atom. The van der Waals surface area contributed by atoms with Crippen molar-refractivity contribution in [3.8, 4) is 6.07 Å². The summed E-state index contributed by atoms with van der Waals surface area (Å²) in [4.78, 5) is 11.4. The highest BCUT2D eigenvalue weighted by molar-refractivity contribution is 5.95. The highest BCUT2D eigenvalue weighted by Gasteiger charge is 2.13. The van der Waals surface area contributed by atoms with Crippen LogP contribution in [-0.4, -0.2) is 5.78 Å². The molecule has 0 saturated heterocycles. The summed E-state index contributed by atoms with van der Waals surface area (Å²) in [6.45, 7) is 12.6. The smallest absolute Gasteiger partial charge is 0.172 e. The van der Waals surface area contributed by atoms with Crippen LogP contribution in [0.25, 0.3) is 0 Å². The number of unbranched alkanes of at least 4 members (excludes halogenated alkanes) is 1. The lowest BCUT2D eigenvalue weighted by Gasteiger charge is -2.20. The lowest BCUT2D eigenvalue weighted by Crippen LogP contribution is -2.07. The van der Waals surface area contributed by atoms with Gasteiger partial charge in [-0.2, -0.15) is 5.26 Å². The van der Waals surface area contributed by atoms with E-state index in [1.165, 1.54) is 11.1 Å². The number of nitrogens with zero attached hydrogens (tertiary/aromatic N) is 1. The van der Waals surface area contributed by atoms with Crippen LogP contribution >= 0.6 is 0 Å². The monoisotopic (exact) mass is 299 g/mol. The molecule has 0 aliphatic rings. The first-order valence-corrected chi connectivity index (χ1v) is 7.81. The minimum Gasteiger partial charge on any atom is -0.293 e. The average Bonchev–Trinajstić information content (AvgIpc) is 2.43. The third-order valence-corrected chi connectivity index (χ3v) is 3.40. The van der Waals surface area contributed by atoms with Gasteiger partial charge in [-0.3, -0.25) is 4.79 Å². The SMILES string of the molecule is C\C=C(/C=C(C)/C=C/CC/C=C(\C)C(=O)CC#N)C(C)(C)C. The Morgan fingerprint density at radius 3 is 2.32 bits per heavy atom. The van der Waals surface area contributed by atoms with Crippen LogP contribution in [0.15, 0.2) is 47.1 Å². The molecule has 2 heteroatoms. The van der Waals surface area contributed by atoms with Gasteiger partial charge in [-0.05, 0) is 50.2 Å². The van der Waals surface area contributed by atoms with Crippen LogP contribution in [0, 0.1) is 16.7 Å². The Kier molecular flexibility index (Phi) is 9.10. The van der Waals surface area contributed by atoms with Crippen LogP contribution < -0.4 is 0 Å². The number of allylic oxidation sites excluding steroid dienone is 8. The van der Waals surface area contributed by atoms with E-state index in [1.807, 2.05) is 12.1 Å². The summed E-state index contributed by atoms with van der Waals surface area (Å²) in [5.74, 6) is -0.0783. The van der Waals surface area contributed by atoms with Crippen molar-refractivity contribution in [3.05, 3.63) is 47.1 Å². The van der Waals surface area contributed by atoms with E-state index in [4.69, 9.17) is 5.26 Å². The number of carbonyl (C=O) groups is 1. The molecule has 0 aliphatic carbocycles. The Hall–Kier alpha value is -1.88. The molecule has 0 aromatic heterocycles. The average molecular weight is 299 g/mol. The second kappa shape index (κ2) is 9.95. The number of Topliss-reactive ketones (excluding diaryl/α,β-unsaturated/α-hetero) is 1.